The third kappa shape index (κ3) is 7.12. The Morgan fingerprint density at radius 1 is 0.925 bits per heavy atom. The molecule has 9 nitrogen and oxygen atoms in total. The molecule has 40 heavy (non-hydrogen) atoms. The van der Waals surface area contributed by atoms with E-state index in [1.165, 1.54) is 37.3 Å². The molecule has 0 spiro atoms. The van der Waals surface area contributed by atoms with E-state index in [-0.39, 0.29) is 28.8 Å². The second-order valence-corrected chi connectivity index (χ2v) is 11.1. The highest BCUT2D eigenvalue weighted by molar-refractivity contribution is 7.92. The average molecular weight is 568 g/mol. The Bertz CT molecular complexity index is 1390. The van der Waals surface area contributed by atoms with Crippen molar-refractivity contribution in [2.75, 3.05) is 31.6 Å². The number of amides is 2. The maximum Gasteiger partial charge on any atom is 0.264 e. The lowest BCUT2D eigenvalue weighted by molar-refractivity contribution is -0.140. The summed E-state index contributed by atoms with van der Waals surface area (Å²) in [6.45, 7) is 5.44. The minimum absolute atomic E-state index is 0.0150. The zero-order valence-corrected chi connectivity index (χ0v) is 24.4. The van der Waals surface area contributed by atoms with E-state index in [0.717, 1.165) is 15.4 Å². The van der Waals surface area contributed by atoms with E-state index >= 15 is 0 Å². The number of nitrogens with zero attached hydrogens (tertiary/aromatic N) is 2. The second kappa shape index (κ2) is 13.8. The molecule has 0 saturated heterocycles. The first-order valence-corrected chi connectivity index (χ1v) is 14.5. The molecule has 0 saturated carbocycles. The van der Waals surface area contributed by atoms with Gasteiger partial charge in [0.2, 0.25) is 11.8 Å². The molecule has 0 aromatic heterocycles. The number of methoxy groups -OCH3 is 2. The molecule has 3 aromatic rings. The van der Waals surface area contributed by atoms with Gasteiger partial charge in [-0.15, -0.1) is 0 Å². The predicted molar refractivity (Wildman–Crippen MR) is 155 cm³/mol. The van der Waals surface area contributed by atoms with Gasteiger partial charge in [0, 0.05) is 19.2 Å². The largest absolute Gasteiger partial charge is 0.497 e. The number of nitrogens with one attached hydrogen (secondary N) is 1. The molecule has 2 amide bonds. The van der Waals surface area contributed by atoms with Gasteiger partial charge >= 0.3 is 0 Å². The topological polar surface area (TPSA) is 105 Å². The lowest BCUT2D eigenvalue weighted by atomic mass is 10.1. The predicted octanol–water partition coefficient (Wildman–Crippen LogP) is 4.15. The van der Waals surface area contributed by atoms with Gasteiger partial charge in [-0.1, -0.05) is 55.0 Å². The summed E-state index contributed by atoms with van der Waals surface area (Å²) in [5.41, 5.74) is 1.84. The van der Waals surface area contributed by atoms with Crippen LogP contribution in [0.4, 0.5) is 5.69 Å². The van der Waals surface area contributed by atoms with Crippen molar-refractivity contribution in [1.82, 2.24) is 10.2 Å². The summed E-state index contributed by atoms with van der Waals surface area (Å²) in [6, 6.07) is 19.6. The van der Waals surface area contributed by atoms with Crippen molar-refractivity contribution in [2.24, 2.45) is 0 Å². The van der Waals surface area contributed by atoms with Gasteiger partial charge in [-0.2, -0.15) is 0 Å². The fourth-order valence-corrected chi connectivity index (χ4v) is 5.75. The molecule has 3 rings (SSSR count). The first-order valence-electron chi connectivity index (χ1n) is 13.1. The lowest BCUT2D eigenvalue weighted by Crippen LogP contribution is -2.52. The molecule has 0 bridgehead atoms. The maximum absolute atomic E-state index is 14.1. The maximum atomic E-state index is 14.1. The molecule has 0 aliphatic heterocycles. The Morgan fingerprint density at radius 3 is 2.17 bits per heavy atom. The number of aryl methyl sites for hydroxylation is 1. The minimum Gasteiger partial charge on any atom is -0.497 e. The summed E-state index contributed by atoms with van der Waals surface area (Å²) >= 11 is 0. The van der Waals surface area contributed by atoms with E-state index < -0.39 is 28.5 Å². The molecule has 0 radical (unpaired) electrons. The highest BCUT2D eigenvalue weighted by Gasteiger charge is 2.34. The van der Waals surface area contributed by atoms with Crippen LogP contribution in [0.1, 0.15) is 31.4 Å². The van der Waals surface area contributed by atoms with Gasteiger partial charge < -0.3 is 19.7 Å². The molecule has 0 heterocycles. The van der Waals surface area contributed by atoms with Crippen LogP contribution in [0.5, 0.6) is 11.5 Å². The fourth-order valence-electron chi connectivity index (χ4n) is 4.33. The third-order valence-corrected chi connectivity index (χ3v) is 8.25. The molecule has 3 aromatic carbocycles. The highest BCUT2D eigenvalue weighted by Crippen LogP contribution is 2.36. The zero-order valence-electron chi connectivity index (χ0n) is 23.6. The Hall–Kier alpha value is -4.05. The number of rotatable bonds is 13. The molecule has 0 fully saturated rings. The van der Waals surface area contributed by atoms with Crippen molar-refractivity contribution in [1.29, 1.82) is 0 Å². The Balaban J connectivity index is 2.14. The number of carbonyl (C=O) groups is 2. The molecule has 0 unspecified atom stereocenters. The molecule has 0 aliphatic carbocycles. The number of carbonyl (C=O) groups excluding carboxylic acids is 2. The van der Waals surface area contributed by atoms with Crippen LogP contribution in [0, 0.1) is 6.92 Å². The number of ether oxygens (including phenoxy) is 2. The Kier molecular flexibility index (Phi) is 10.6. The monoisotopic (exact) mass is 567 g/mol. The van der Waals surface area contributed by atoms with Crippen LogP contribution >= 0.6 is 0 Å². The fraction of sp³-hybridized carbons (Fsp3) is 0.333. The van der Waals surface area contributed by atoms with Gasteiger partial charge in [-0.05, 0) is 50.1 Å². The first-order chi connectivity index (χ1) is 19.2. The van der Waals surface area contributed by atoms with Crippen molar-refractivity contribution in [3.8, 4) is 11.5 Å². The van der Waals surface area contributed by atoms with Gasteiger partial charge in [-0.3, -0.25) is 13.9 Å². The van der Waals surface area contributed by atoms with Crippen LogP contribution in [-0.4, -0.2) is 58.5 Å². The van der Waals surface area contributed by atoms with Crippen LogP contribution in [0.25, 0.3) is 0 Å². The molecule has 1 N–H and O–H groups in total. The molecule has 0 aliphatic rings. The highest BCUT2D eigenvalue weighted by atomic mass is 32.2. The van der Waals surface area contributed by atoms with Crippen LogP contribution in [0.2, 0.25) is 0 Å². The summed E-state index contributed by atoms with van der Waals surface area (Å²) < 4.78 is 40.0. The minimum atomic E-state index is -4.24. The van der Waals surface area contributed by atoms with Crippen LogP contribution in [0.3, 0.4) is 0 Å². The standard InChI is InChI=1S/C30H37N3O6S/c1-6-26(30(35)31-7-2)32(20-23-11-9-8-10-12-23)29(34)21-33(27-19-24(38-4)15-18-28(27)39-5)40(36,37)25-16-13-22(3)14-17-25/h8-19,26H,6-7,20-21H2,1-5H3,(H,31,35)/t26-/m0/s1. The number of hydrogen-bond donors (Lipinski definition) is 1. The number of sulfonamides is 1. The van der Waals surface area contributed by atoms with Crippen LogP contribution in [0.15, 0.2) is 77.7 Å². The summed E-state index contributed by atoms with van der Waals surface area (Å²) in [6.07, 6.45) is 0.345. The Morgan fingerprint density at radius 2 is 1.60 bits per heavy atom. The van der Waals surface area contributed by atoms with E-state index in [0.29, 0.717) is 18.7 Å². The van der Waals surface area contributed by atoms with Gasteiger partial charge in [0.1, 0.15) is 24.1 Å². The van der Waals surface area contributed by atoms with E-state index in [2.05, 4.69) is 5.32 Å². The molecule has 214 valence electrons. The van der Waals surface area contributed by atoms with Crippen molar-refractivity contribution in [2.45, 2.75) is 44.7 Å². The van der Waals surface area contributed by atoms with Crippen molar-refractivity contribution in [3.05, 3.63) is 83.9 Å². The molecular formula is C30H37N3O6S. The van der Waals surface area contributed by atoms with Gasteiger partial charge in [0.05, 0.1) is 24.8 Å². The van der Waals surface area contributed by atoms with E-state index in [1.807, 2.05) is 44.2 Å². The molecule has 10 heteroatoms. The average Bonchev–Trinajstić information content (AvgIpc) is 2.96. The third-order valence-electron chi connectivity index (χ3n) is 6.48. The van der Waals surface area contributed by atoms with E-state index in [4.69, 9.17) is 9.47 Å². The van der Waals surface area contributed by atoms with E-state index in [9.17, 15) is 18.0 Å². The summed E-state index contributed by atoms with van der Waals surface area (Å²) in [7, 11) is -1.35. The van der Waals surface area contributed by atoms with Gasteiger partial charge in [0.25, 0.3) is 10.0 Å². The smallest absolute Gasteiger partial charge is 0.264 e. The molecular weight excluding hydrogens is 530 g/mol. The van der Waals surface area contributed by atoms with Crippen molar-refractivity contribution < 1.29 is 27.5 Å². The normalized spacial score (nSPS) is 11.8. The number of hydrogen-bond acceptors (Lipinski definition) is 6. The van der Waals surface area contributed by atoms with Gasteiger partial charge in [-0.25, -0.2) is 8.42 Å². The van der Waals surface area contributed by atoms with Gasteiger partial charge in [0.15, 0.2) is 0 Å². The van der Waals surface area contributed by atoms with Crippen molar-refractivity contribution in [3.63, 3.8) is 0 Å². The zero-order chi connectivity index (χ0) is 29.3. The summed E-state index contributed by atoms with van der Waals surface area (Å²) in [4.78, 5) is 28.6. The van der Waals surface area contributed by atoms with Crippen LogP contribution < -0.4 is 19.1 Å². The second-order valence-electron chi connectivity index (χ2n) is 9.19. The quantitative estimate of drug-likeness (QED) is 0.333. The number of likely N-dealkylation sites (N-methyl/N-ethyl adjacent to an activating group) is 1. The lowest BCUT2D eigenvalue weighted by Gasteiger charge is -2.33. The summed E-state index contributed by atoms with van der Waals surface area (Å²) in [5, 5.41) is 2.80. The first kappa shape index (κ1) is 30.5. The number of benzene rings is 3. The van der Waals surface area contributed by atoms with E-state index in [1.54, 1.807) is 31.2 Å². The molecule has 1 atom stereocenters. The number of anilines is 1. The summed E-state index contributed by atoms with van der Waals surface area (Å²) in [5.74, 6) is -0.208. The van der Waals surface area contributed by atoms with Crippen LogP contribution in [-0.2, 0) is 26.2 Å². The van der Waals surface area contributed by atoms with Crippen molar-refractivity contribution >= 4 is 27.5 Å². The SMILES string of the molecule is CCNC(=O)[C@H](CC)N(Cc1ccccc1)C(=O)CN(c1cc(OC)ccc1OC)S(=O)(=O)c1ccc(C)cc1. The Labute approximate surface area is 236 Å².